The third kappa shape index (κ3) is 3.17. The van der Waals surface area contributed by atoms with Crippen LogP contribution >= 0.6 is 0 Å². The van der Waals surface area contributed by atoms with Crippen molar-refractivity contribution in [3.8, 4) is 5.75 Å². The van der Waals surface area contributed by atoms with E-state index in [0.29, 0.717) is 13.2 Å². The highest BCUT2D eigenvalue weighted by Gasteiger charge is 2.16. The second-order valence-electron chi connectivity index (χ2n) is 3.94. The predicted molar refractivity (Wildman–Crippen MR) is 57.8 cm³/mol. The van der Waals surface area contributed by atoms with Crippen molar-refractivity contribution in [3.05, 3.63) is 29.6 Å². The molecule has 0 bridgehead atoms. The van der Waals surface area contributed by atoms with Crippen LogP contribution in [0.3, 0.4) is 0 Å². The van der Waals surface area contributed by atoms with E-state index >= 15 is 0 Å². The van der Waals surface area contributed by atoms with Crippen LogP contribution in [-0.4, -0.2) is 30.4 Å². The van der Waals surface area contributed by atoms with Crippen molar-refractivity contribution in [2.24, 2.45) is 0 Å². The lowest BCUT2D eigenvalue weighted by Crippen LogP contribution is -2.28. The molecular formula is C12H13FO4. The number of halogens is 1. The van der Waals surface area contributed by atoms with Crippen LogP contribution in [0.1, 0.15) is 23.2 Å². The molecule has 1 saturated heterocycles. The molecule has 4 nitrogen and oxygen atoms in total. The van der Waals surface area contributed by atoms with E-state index in [0.717, 1.165) is 18.9 Å². The first kappa shape index (κ1) is 11.9. The van der Waals surface area contributed by atoms with Crippen molar-refractivity contribution in [3.63, 3.8) is 0 Å². The van der Waals surface area contributed by atoms with Crippen LogP contribution in [0.5, 0.6) is 5.75 Å². The molecule has 1 aliphatic rings. The summed E-state index contributed by atoms with van der Waals surface area (Å²) < 4.78 is 23.9. The maximum atomic E-state index is 13.2. The summed E-state index contributed by atoms with van der Waals surface area (Å²) in [5.41, 5.74) is -0.114. The highest BCUT2D eigenvalue weighted by molar-refractivity contribution is 5.88. The molecule has 1 fully saturated rings. The number of hydrogen-bond acceptors (Lipinski definition) is 3. The third-order valence-electron chi connectivity index (χ3n) is 2.54. The normalized spacial score (nSPS) is 19.9. The Bertz CT molecular complexity index is 413. The number of carbonyl (C=O) groups is 1. The number of benzene rings is 1. The first-order valence-electron chi connectivity index (χ1n) is 5.43. The van der Waals surface area contributed by atoms with E-state index < -0.39 is 11.8 Å². The van der Waals surface area contributed by atoms with Gasteiger partial charge in [0.25, 0.3) is 0 Å². The summed E-state index contributed by atoms with van der Waals surface area (Å²) >= 11 is 0. The van der Waals surface area contributed by atoms with E-state index in [1.165, 1.54) is 12.1 Å². The zero-order chi connectivity index (χ0) is 12.3. The highest BCUT2D eigenvalue weighted by Crippen LogP contribution is 2.20. The molecule has 1 heterocycles. The third-order valence-corrected chi connectivity index (χ3v) is 2.54. The van der Waals surface area contributed by atoms with E-state index in [4.69, 9.17) is 14.6 Å². The summed E-state index contributed by atoms with van der Waals surface area (Å²) in [5.74, 6) is -1.55. The van der Waals surface area contributed by atoms with E-state index in [-0.39, 0.29) is 17.4 Å². The van der Waals surface area contributed by atoms with Crippen molar-refractivity contribution in [1.29, 1.82) is 0 Å². The van der Waals surface area contributed by atoms with Crippen LogP contribution in [0, 0.1) is 5.82 Å². The molecule has 1 N–H and O–H groups in total. The topological polar surface area (TPSA) is 55.8 Å². The van der Waals surface area contributed by atoms with Crippen molar-refractivity contribution in [1.82, 2.24) is 0 Å². The summed E-state index contributed by atoms with van der Waals surface area (Å²) in [6.07, 6.45) is 1.59. The largest absolute Gasteiger partial charge is 0.488 e. The van der Waals surface area contributed by atoms with E-state index in [1.54, 1.807) is 0 Å². The Hall–Kier alpha value is -1.62. The Labute approximate surface area is 98.0 Å². The Morgan fingerprint density at radius 3 is 2.94 bits per heavy atom. The van der Waals surface area contributed by atoms with Gasteiger partial charge in [-0.2, -0.15) is 0 Å². The molecule has 92 valence electrons. The molecule has 1 aromatic rings. The molecule has 0 aromatic heterocycles. The molecule has 0 aliphatic carbocycles. The molecule has 1 aromatic carbocycles. The minimum atomic E-state index is -1.17. The standard InChI is InChI=1S/C12H13FO4/c13-9-4-8(12(14)15)5-11(6-9)17-10-2-1-3-16-7-10/h4-6,10H,1-3,7H2,(H,14,15). The summed E-state index contributed by atoms with van der Waals surface area (Å²) in [4.78, 5) is 10.8. The van der Waals surface area contributed by atoms with Crippen LogP contribution in [-0.2, 0) is 4.74 Å². The number of aromatic carboxylic acids is 1. The van der Waals surface area contributed by atoms with Gasteiger partial charge >= 0.3 is 5.97 Å². The Morgan fingerprint density at radius 2 is 2.29 bits per heavy atom. The Kier molecular flexibility index (Phi) is 3.58. The molecule has 0 spiro atoms. The molecule has 0 saturated carbocycles. The van der Waals surface area contributed by atoms with E-state index in [1.807, 2.05) is 0 Å². The SMILES string of the molecule is O=C(O)c1cc(F)cc(OC2CCCOC2)c1. The first-order chi connectivity index (χ1) is 8.15. The van der Waals surface area contributed by atoms with Crippen molar-refractivity contribution in [2.45, 2.75) is 18.9 Å². The maximum absolute atomic E-state index is 13.2. The average Bonchev–Trinajstić information content (AvgIpc) is 2.29. The fraction of sp³-hybridized carbons (Fsp3) is 0.417. The lowest BCUT2D eigenvalue weighted by atomic mass is 10.1. The van der Waals surface area contributed by atoms with Crippen LogP contribution in [0.2, 0.25) is 0 Å². The van der Waals surface area contributed by atoms with Crippen LogP contribution in [0.4, 0.5) is 4.39 Å². The fourth-order valence-electron chi connectivity index (χ4n) is 1.75. The Morgan fingerprint density at radius 1 is 1.47 bits per heavy atom. The summed E-state index contributed by atoms with van der Waals surface area (Å²) in [6, 6.07) is 3.47. The van der Waals surface area contributed by atoms with E-state index in [9.17, 15) is 9.18 Å². The lowest BCUT2D eigenvalue weighted by molar-refractivity contribution is 0.00726. The van der Waals surface area contributed by atoms with Gasteiger partial charge in [0.15, 0.2) is 0 Å². The van der Waals surface area contributed by atoms with Gasteiger partial charge in [-0.25, -0.2) is 9.18 Å². The van der Waals surface area contributed by atoms with Gasteiger partial charge in [0, 0.05) is 12.7 Å². The molecule has 17 heavy (non-hydrogen) atoms. The summed E-state index contributed by atoms with van der Waals surface area (Å²) in [5, 5.41) is 8.79. The van der Waals surface area contributed by atoms with Crippen molar-refractivity contribution >= 4 is 5.97 Å². The second-order valence-corrected chi connectivity index (χ2v) is 3.94. The van der Waals surface area contributed by atoms with Crippen molar-refractivity contribution in [2.75, 3.05) is 13.2 Å². The van der Waals surface area contributed by atoms with Crippen LogP contribution in [0.25, 0.3) is 0 Å². The number of carboxylic acid groups (broad SMARTS) is 1. The van der Waals surface area contributed by atoms with Gasteiger partial charge in [0.1, 0.15) is 17.7 Å². The molecule has 0 radical (unpaired) electrons. The number of ether oxygens (including phenoxy) is 2. The number of hydrogen-bond donors (Lipinski definition) is 1. The van der Waals surface area contributed by atoms with Gasteiger partial charge < -0.3 is 14.6 Å². The fourth-order valence-corrected chi connectivity index (χ4v) is 1.75. The van der Waals surface area contributed by atoms with Crippen LogP contribution in [0.15, 0.2) is 18.2 Å². The molecule has 2 rings (SSSR count). The highest BCUT2D eigenvalue weighted by atomic mass is 19.1. The van der Waals surface area contributed by atoms with Gasteiger partial charge in [-0.1, -0.05) is 0 Å². The van der Waals surface area contributed by atoms with Gasteiger partial charge in [0.05, 0.1) is 12.2 Å². The molecule has 1 aliphatic heterocycles. The number of rotatable bonds is 3. The maximum Gasteiger partial charge on any atom is 0.335 e. The molecule has 0 amide bonds. The summed E-state index contributed by atoms with van der Waals surface area (Å²) in [7, 11) is 0. The first-order valence-corrected chi connectivity index (χ1v) is 5.43. The predicted octanol–water partition coefficient (Wildman–Crippen LogP) is 2.08. The lowest BCUT2D eigenvalue weighted by Gasteiger charge is -2.23. The van der Waals surface area contributed by atoms with Crippen molar-refractivity contribution < 1.29 is 23.8 Å². The number of carboxylic acids is 1. The molecule has 1 atom stereocenters. The molecule has 5 heteroatoms. The molecule has 1 unspecified atom stereocenters. The van der Waals surface area contributed by atoms with Gasteiger partial charge in [-0.15, -0.1) is 0 Å². The van der Waals surface area contributed by atoms with Crippen LogP contribution < -0.4 is 4.74 Å². The second kappa shape index (κ2) is 5.14. The quantitative estimate of drug-likeness (QED) is 0.878. The zero-order valence-corrected chi connectivity index (χ0v) is 9.19. The van der Waals surface area contributed by atoms with Gasteiger partial charge in [0.2, 0.25) is 0 Å². The average molecular weight is 240 g/mol. The van der Waals surface area contributed by atoms with E-state index in [2.05, 4.69) is 0 Å². The minimum absolute atomic E-state index is 0.114. The zero-order valence-electron chi connectivity index (χ0n) is 9.19. The van der Waals surface area contributed by atoms with Gasteiger partial charge in [-0.3, -0.25) is 0 Å². The van der Waals surface area contributed by atoms with Gasteiger partial charge in [-0.05, 0) is 25.0 Å². The Balaban J connectivity index is 2.11. The summed E-state index contributed by atoms with van der Waals surface area (Å²) in [6.45, 7) is 1.17. The minimum Gasteiger partial charge on any atom is -0.488 e. The monoisotopic (exact) mass is 240 g/mol. The molecular weight excluding hydrogens is 227 g/mol. The smallest absolute Gasteiger partial charge is 0.335 e.